The zero-order chi connectivity index (χ0) is 15.5. The number of aromatic nitrogens is 1. The van der Waals surface area contributed by atoms with Crippen molar-refractivity contribution in [3.8, 4) is 0 Å². The fourth-order valence-electron chi connectivity index (χ4n) is 2.89. The first-order valence-electron chi connectivity index (χ1n) is 8.02. The lowest BCUT2D eigenvalue weighted by atomic mass is 9.80. The molecular weight excluding hydrogens is 265 g/mol. The molecular formula is C17H28FN3. The lowest BCUT2D eigenvalue weighted by Gasteiger charge is -2.27. The Morgan fingerprint density at radius 3 is 2.81 bits per heavy atom. The maximum atomic E-state index is 14.6. The Morgan fingerprint density at radius 1 is 1.43 bits per heavy atom. The van der Waals surface area contributed by atoms with E-state index in [2.05, 4.69) is 42.9 Å². The Hall–Kier alpha value is -1.16. The van der Waals surface area contributed by atoms with Gasteiger partial charge >= 0.3 is 0 Å². The number of hydrogen-bond acceptors (Lipinski definition) is 3. The van der Waals surface area contributed by atoms with Crippen molar-refractivity contribution in [3.05, 3.63) is 23.6 Å². The van der Waals surface area contributed by atoms with E-state index in [0.29, 0.717) is 23.8 Å². The van der Waals surface area contributed by atoms with E-state index in [-0.39, 0.29) is 11.2 Å². The molecule has 1 aromatic rings. The molecule has 1 aromatic heterocycles. The van der Waals surface area contributed by atoms with Crippen LogP contribution in [0.3, 0.4) is 0 Å². The zero-order valence-corrected chi connectivity index (χ0v) is 13.7. The monoisotopic (exact) mass is 293 g/mol. The van der Waals surface area contributed by atoms with Crippen LogP contribution in [0.25, 0.3) is 0 Å². The molecule has 0 saturated carbocycles. The summed E-state index contributed by atoms with van der Waals surface area (Å²) >= 11 is 0. The third-order valence-electron chi connectivity index (χ3n) is 4.41. The molecule has 0 aliphatic carbocycles. The molecule has 118 valence electrons. The van der Waals surface area contributed by atoms with Gasteiger partial charge in [0.05, 0.1) is 0 Å². The molecule has 1 unspecified atom stereocenters. The predicted molar refractivity (Wildman–Crippen MR) is 86.0 cm³/mol. The minimum Gasteiger partial charge on any atom is -0.354 e. The van der Waals surface area contributed by atoms with Gasteiger partial charge in [-0.05, 0) is 36.8 Å². The summed E-state index contributed by atoms with van der Waals surface area (Å²) in [5.74, 6) is 0.966. The van der Waals surface area contributed by atoms with E-state index in [1.54, 1.807) is 12.3 Å². The zero-order valence-electron chi connectivity index (χ0n) is 13.7. The highest BCUT2D eigenvalue weighted by Crippen LogP contribution is 2.35. The average Bonchev–Trinajstić information content (AvgIpc) is 2.90. The fourth-order valence-corrected chi connectivity index (χ4v) is 2.89. The van der Waals surface area contributed by atoms with Crippen molar-refractivity contribution in [1.29, 1.82) is 0 Å². The van der Waals surface area contributed by atoms with E-state index in [1.807, 2.05) is 0 Å². The number of nitrogens with zero attached hydrogens (tertiary/aromatic N) is 2. The van der Waals surface area contributed by atoms with Gasteiger partial charge in [0, 0.05) is 31.4 Å². The van der Waals surface area contributed by atoms with Crippen LogP contribution in [0.2, 0.25) is 0 Å². The van der Waals surface area contributed by atoms with Gasteiger partial charge in [-0.1, -0.05) is 27.7 Å². The molecule has 0 amide bonds. The van der Waals surface area contributed by atoms with Crippen molar-refractivity contribution in [3.63, 3.8) is 0 Å². The van der Waals surface area contributed by atoms with Gasteiger partial charge in [-0.25, -0.2) is 9.37 Å². The SMILES string of the molecule is CCCNCc1ccnc(N2CCC(C(C)(C)C)C2)c1F. The van der Waals surface area contributed by atoms with Crippen molar-refractivity contribution >= 4 is 5.82 Å². The molecule has 1 N–H and O–H groups in total. The molecule has 3 nitrogen and oxygen atoms in total. The predicted octanol–water partition coefficient (Wildman–Crippen LogP) is 3.59. The molecule has 21 heavy (non-hydrogen) atoms. The standard InChI is InChI=1S/C17H28FN3/c1-5-8-19-11-13-6-9-20-16(15(13)18)21-10-7-14(12-21)17(2,3)4/h6,9,14,19H,5,7-8,10-12H2,1-4H3. The van der Waals surface area contributed by atoms with Gasteiger partial charge < -0.3 is 10.2 Å². The van der Waals surface area contributed by atoms with Crippen molar-refractivity contribution in [2.24, 2.45) is 11.3 Å². The number of rotatable bonds is 5. The largest absolute Gasteiger partial charge is 0.354 e. The van der Waals surface area contributed by atoms with E-state index in [9.17, 15) is 4.39 Å². The number of halogens is 1. The van der Waals surface area contributed by atoms with Gasteiger partial charge in [-0.3, -0.25) is 0 Å². The molecule has 2 rings (SSSR count). The molecule has 0 spiro atoms. The van der Waals surface area contributed by atoms with Crippen molar-refractivity contribution in [1.82, 2.24) is 10.3 Å². The normalized spacial score (nSPS) is 19.3. The topological polar surface area (TPSA) is 28.2 Å². The molecule has 0 bridgehead atoms. The Balaban J connectivity index is 2.09. The summed E-state index contributed by atoms with van der Waals surface area (Å²) in [4.78, 5) is 6.39. The van der Waals surface area contributed by atoms with Crippen LogP contribution in [0.5, 0.6) is 0 Å². The maximum absolute atomic E-state index is 14.6. The summed E-state index contributed by atoms with van der Waals surface area (Å²) in [6.07, 6.45) is 3.90. The van der Waals surface area contributed by atoms with Gasteiger partial charge in [0.1, 0.15) is 0 Å². The third kappa shape index (κ3) is 3.94. The van der Waals surface area contributed by atoms with E-state index in [4.69, 9.17) is 0 Å². The summed E-state index contributed by atoms with van der Waals surface area (Å²) in [5, 5.41) is 3.26. The Morgan fingerprint density at radius 2 is 2.19 bits per heavy atom. The third-order valence-corrected chi connectivity index (χ3v) is 4.41. The first-order chi connectivity index (χ1) is 9.93. The minimum atomic E-state index is -0.157. The van der Waals surface area contributed by atoms with Crippen LogP contribution in [0.4, 0.5) is 10.2 Å². The van der Waals surface area contributed by atoms with E-state index in [0.717, 1.165) is 32.5 Å². The molecule has 0 aromatic carbocycles. The van der Waals surface area contributed by atoms with Crippen LogP contribution < -0.4 is 10.2 Å². The smallest absolute Gasteiger partial charge is 0.170 e. The fraction of sp³-hybridized carbons (Fsp3) is 0.706. The van der Waals surface area contributed by atoms with Crippen molar-refractivity contribution in [2.75, 3.05) is 24.5 Å². The number of nitrogens with one attached hydrogen (secondary N) is 1. The van der Waals surface area contributed by atoms with Crippen LogP contribution in [-0.2, 0) is 6.54 Å². The number of hydrogen-bond donors (Lipinski definition) is 1. The summed E-state index contributed by atoms with van der Waals surface area (Å²) in [5.41, 5.74) is 0.985. The first-order valence-corrected chi connectivity index (χ1v) is 8.02. The van der Waals surface area contributed by atoms with Crippen LogP contribution in [0, 0.1) is 17.2 Å². The van der Waals surface area contributed by atoms with Gasteiger partial charge in [0.15, 0.2) is 11.6 Å². The second-order valence-electron chi connectivity index (χ2n) is 7.08. The Kier molecular flexibility index (Phi) is 5.20. The van der Waals surface area contributed by atoms with Gasteiger partial charge in [-0.2, -0.15) is 0 Å². The summed E-state index contributed by atoms with van der Waals surface area (Å²) in [6, 6.07) is 1.78. The highest BCUT2D eigenvalue weighted by molar-refractivity contribution is 5.44. The number of anilines is 1. The lowest BCUT2D eigenvalue weighted by Crippen LogP contribution is -2.27. The molecule has 1 aliphatic rings. The Labute approximate surface area is 127 Å². The van der Waals surface area contributed by atoms with Crippen LogP contribution in [0.1, 0.15) is 46.1 Å². The van der Waals surface area contributed by atoms with Gasteiger partial charge in [0.25, 0.3) is 0 Å². The van der Waals surface area contributed by atoms with E-state index < -0.39 is 0 Å². The summed E-state index contributed by atoms with van der Waals surface area (Å²) in [7, 11) is 0. The minimum absolute atomic E-state index is 0.157. The molecule has 1 saturated heterocycles. The molecule has 2 heterocycles. The van der Waals surface area contributed by atoms with Crippen molar-refractivity contribution < 1.29 is 4.39 Å². The molecule has 1 atom stereocenters. The van der Waals surface area contributed by atoms with Gasteiger partial charge in [-0.15, -0.1) is 0 Å². The van der Waals surface area contributed by atoms with E-state index >= 15 is 0 Å². The van der Waals surface area contributed by atoms with Crippen LogP contribution in [-0.4, -0.2) is 24.6 Å². The summed E-state index contributed by atoms with van der Waals surface area (Å²) in [6.45, 7) is 12.2. The first kappa shape index (κ1) is 16.2. The van der Waals surface area contributed by atoms with Gasteiger partial charge in [0.2, 0.25) is 0 Å². The molecule has 1 aliphatic heterocycles. The molecule has 0 radical (unpaired) electrons. The van der Waals surface area contributed by atoms with Crippen LogP contribution >= 0.6 is 0 Å². The second kappa shape index (κ2) is 6.73. The summed E-state index contributed by atoms with van der Waals surface area (Å²) < 4.78 is 14.6. The van der Waals surface area contributed by atoms with Crippen molar-refractivity contribution in [2.45, 2.75) is 47.1 Å². The quantitative estimate of drug-likeness (QED) is 0.841. The molecule has 1 fully saturated rings. The lowest BCUT2D eigenvalue weighted by molar-refractivity contribution is 0.263. The maximum Gasteiger partial charge on any atom is 0.170 e. The van der Waals surface area contributed by atoms with Crippen LogP contribution in [0.15, 0.2) is 12.3 Å². The second-order valence-corrected chi connectivity index (χ2v) is 7.08. The Bertz CT molecular complexity index is 468. The van der Waals surface area contributed by atoms with E-state index in [1.165, 1.54) is 0 Å². The molecule has 4 heteroatoms. The highest BCUT2D eigenvalue weighted by atomic mass is 19.1. The average molecular weight is 293 g/mol. The highest BCUT2D eigenvalue weighted by Gasteiger charge is 2.33. The number of pyridine rings is 1.